The van der Waals surface area contributed by atoms with Gasteiger partial charge in [0.05, 0.1) is 31.2 Å². The summed E-state index contributed by atoms with van der Waals surface area (Å²) in [6.07, 6.45) is 2.33. The van der Waals surface area contributed by atoms with Gasteiger partial charge in [-0.25, -0.2) is 10.4 Å². The molecule has 2 heterocycles. The molecule has 0 radical (unpaired) electrons. The van der Waals surface area contributed by atoms with Crippen LogP contribution in [0.15, 0.2) is 58.4 Å². The molecule has 8 nitrogen and oxygen atoms in total. The van der Waals surface area contributed by atoms with Crippen LogP contribution in [0.25, 0.3) is 0 Å². The fourth-order valence-electron chi connectivity index (χ4n) is 3.80. The molecule has 1 aliphatic heterocycles. The molecule has 0 spiro atoms. The van der Waals surface area contributed by atoms with Gasteiger partial charge in [0.15, 0.2) is 11.5 Å². The Labute approximate surface area is 186 Å². The lowest BCUT2D eigenvalue weighted by atomic mass is 10.1. The molecule has 2 aromatic carbocycles. The topological polar surface area (TPSA) is 91.8 Å². The van der Waals surface area contributed by atoms with Crippen molar-refractivity contribution in [3.8, 4) is 11.5 Å². The summed E-state index contributed by atoms with van der Waals surface area (Å²) in [5.41, 5.74) is 6.21. The molecule has 1 aliphatic rings. The van der Waals surface area contributed by atoms with Crippen LogP contribution in [0.1, 0.15) is 29.3 Å². The molecule has 0 aliphatic carbocycles. The summed E-state index contributed by atoms with van der Waals surface area (Å²) in [6.45, 7) is 4.70. The number of nitrogens with one attached hydrogen (secondary N) is 2. The number of rotatable bonds is 8. The van der Waals surface area contributed by atoms with E-state index in [9.17, 15) is 4.79 Å². The molecule has 4 rings (SSSR count). The van der Waals surface area contributed by atoms with Crippen molar-refractivity contribution in [1.29, 1.82) is 0 Å². The van der Waals surface area contributed by atoms with E-state index in [-0.39, 0.29) is 5.56 Å². The van der Waals surface area contributed by atoms with Crippen molar-refractivity contribution in [2.75, 3.05) is 25.7 Å². The minimum atomic E-state index is -0.138. The highest BCUT2D eigenvalue weighted by molar-refractivity contribution is 5.85. The van der Waals surface area contributed by atoms with E-state index in [1.54, 1.807) is 13.3 Å². The first-order chi connectivity index (χ1) is 15.7. The average molecular weight is 434 g/mol. The first-order valence-electron chi connectivity index (χ1n) is 10.6. The van der Waals surface area contributed by atoms with Gasteiger partial charge in [-0.3, -0.25) is 14.7 Å². The Morgan fingerprint density at radius 3 is 2.84 bits per heavy atom. The van der Waals surface area contributed by atoms with Gasteiger partial charge in [0.1, 0.15) is 0 Å². The van der Waals surface area contributed by atoms with Gasteiger partial charge >= 0.3 is 0 Å². The first-order valence-corrected chi connectivity index (χ1v) is 10.6. The van der Waals surface area contributed by atoms with E-state index in [0.717, 1.165) is 24.3 Å². The van der Waals surface area contributed by atoms with Crippen LogP contribution in [-0.4, -0.2) is 41.3 Å². The zero-order chi connectivity index (χ0) is 22.3. The number of hydrogen-bond donors (Lipinski definition) is 2. The number of anilines is 1. The maximum absolute atomic E-state index is 12.7. The molecule has 0 saturated heterocycles. The molecule has 0 bridgehead atoms. The van der Waals surface area contributed by atoms with Crippen LogP contribution in [0.3, 0.4) is 0 Å². The molecule has 1 aromatic heterocycles. The van der Waals surface area contributed by atoms with Crippen molar-refractivity contribution in [1.82, 2.24) is 14.9 Å². The normalized spacial score (nSPS) is 13.7. The minimum Gasteiger partial charge on any atom is -0.492 e. The van der Waals surface area contributed by atoms with Gasteiger partial charge in [-0.05, 0) is 24.6 Å². The number of nitrogens with zero attached hydrogens (tertiary/aromatic N) is 3. The summed E-state index contributed by atoms with van der Waals surface area (Å²) in [5.74, 6) is 1.58. The molecule has 166 valence electrons. The Hall–Kier alpha value is -3.65. The van der Waals surface area contributed by atoms with Crippen molar-refractivity contribution in [2.45, 2.75) is 26.4 Å². The molecule has 2 N–H and O–H groups in total. The van der Waals surface area contributed by atoms with Gasteiger partial charge in [-0.1, -0.05) is 36.4 Å². The van der Waals surface area contributed by atoms with Crippen molar-refractivity contribution < 1.29 is 9.47 Å². The largest absolute Gasteiger partial charge is 0.492 e. The van der Waals surface area contributed by atoms with Gasteiger partial charge < -0.3 is 9.47 Å². The lowest BCUT2D eigenvalue weighted by Crippen LogP contribution is -2.35. The number of para-hydroxylation sites is 1. The van der Waals surface area contributed by atoms with Gasteiger partial charge in [0.25, 0.3) is 5.56 Å². The number of hydrazone groups is 1. The SMILES string of the molecule is CCOc1cccc(/C=N\Nc2nc3c(c(=O)[nH]2)CN(Cc2ccccc2)CC3)c1OC. The van der Waals surface area contributed by atoms with Crippen molar-refractivity contribution in [2.24, 2.45) is 5.10 Å². The van der Waals surface area contributed by atoms with Crippen LogP contribution >= 0.6 is 0 Å². The van der Waals surface area contributed by atoms with Gasteiger partial charge in [0.2, 0.25) is 5.95 Å². The van der Waals surface area contributed by atoms with Gasteiger partial charge in [-0.2, -0.15) is 5.10 Å². The van der Waals surface area contributed by atoms with E-state index in [1.807, 2.05) is 43.3 Å². The first kappa shape index (κ1) is 21.6. The number of fused-ring (bicyclic) bond motifs is 1. The van der Waals surface area contributed by atoms with E-state index >= 15 is 0 Å². The summed E-state index contributed by atoms with van der Waals surface area (Å²) >= 11 is 0. The maximum atomic E-state index is 12.7. The standard InChI is InChI=1S/C24H27N5O3/c1-3-32-21-11-7-10-18(22(21)31-2)14-25-28-24-26-20-12-13-29(16-19(20)23(30)27-24)15-17-8-5-4-6-9-17/h4-11,14H,3,12-13,15-16H2,1-2H3,(H2,26,27,28,30)/b25-14-. The number of methoxy groups -OCH3 is 1. The second-order valence-corrected chi connectivity index (χ2v) is 7.47. The molecule has 0 amide bonds. The number of aromatic amines is 1. The Bertz CT molecular complexity index is 1140. The second-order valence-electron chi connectivity index (χ2n) is 7.47. The highest BCUT2D eigenvalue weighted by Crippen LogP contribution is 2.29. The van der Waals surface area contributed by atoms with Crippen LogP contribution in [-0.2, 0) is 19.5 Å². The van der Waals surface area contributed by atoms with E-state index in [2.05, 4.69) is 37.5 Å². The third-order valence-corrected chi connectivity index (χ3v) is 5.28. The summed E-state index contributed by atoms with van der Waals surface area (Å²) in [5, 5.41) is 4.23. The summed E-state index contributed by atoms with van der Waals surface area (Å²) in [7, 11) is 1.59. The van der Waals surface area contributed by atoms with Gasteiger partial charge in [-0.15, -0.1) is 0 Å². The fraction of sp³-hybridized carbons (Fsp3) is 0.292. The van der Waals surface area contributed by atoms with Crippen LogP contribution in [0.5, 0.6) is 11.5 Å². The number of benzene rings is 2. The van der Waals surface area contributed by atoms with Crippen molar-refractivity contribution >= 4 is 12.2 Å². The Kier molecular flexibility index (Phi) is 6.81. The molecule has 0 fully saturated rings. The quantitative estimate of drug-likeness (QED) is 0.419. The predicted molar refractivity (Wildman–Crippen MR) is 124 cm³/mol. The van der Waals surface area contributed by atoms with Crippen LogP contribution < -0.4 is 20.5 Å². The van der Waals surface area contributed by atoms with Crippen molar-refractivity contribution in [3.05, 3.63) is 81.3 Å². The van der Waals surface area contributed by atoms with Crippen LogP contribution in [0.2, 0.25) is 0 Å². The summed E-state index contributed by atoms with van der Waals surface area (Å²) in [4.78, 5) is 22.3. The molecular weight excluding hydrogens is 406 g/mol. The molecule has 32 heavy (non-hydrogen) atoms. The third-order valence-electron chi connectivity index (χ3n) is 5.28. The average Bonchev–Trinajstić information content (AvgIpc) is 2.81. The number of H-pyrrole nitrogens is 1. The second kappa shape index (κ2) is 10.1. The number of ether oxygens (including phenoxy) is 2. The highest BCUT2D eigenvalue weighted by Gasteiger charge is 2.21. The molecule has 0 saturated carbocycles. The summed E-state index contributed by atoms with van der Waals surface area (Å²) < 4.78 is 11.0. The molecule has 0 unspecified atom stereocenters. The lowest BCUT2D eigenvalue weighted by molar-refractivity contribution is 0.242. The minimum absolute atomic E-state index is 0.138. The van der Waals surface area contributed by atoms with Crippen molar-refractivity contribution in [3.63, 3.8) is 0 Å². The van der Waals surface area contributed by atoms with Gasteiger partial charge in [0, 0.05) is 31.6 Å². The van der Waals surface area contributed by atoms with E-state index in [1.165, 1.54) is 5.56 Å². The predicted octanol–water partition coefficient (Wildman–Crippen LogP) is 3.18. The van der Waals surface area contributed by atoms with Crippen LogP contribution in [0, 0.1) is 0 Å². The summed E-state index contributed by atoms with van der Waals surface area (Å²) in [6, 6.07) is 15.9. The number of hydrogen-bond acceptors (Lipinski definition) is 7. The van der Waals surface area contributed by atoms with E-state index < -0.39 is 0 Å². The van der Waals surface area contributed by atoms with E-state index in [0.29, 0.717) is 42.6 Å². The Balaban J connectivity index is 1.45. The zero-order valence-electron chi connectivity index (χ0n) is 18.3. The lowest BCUT2D eigenvalue weighted by Gasteiger charge is -2.27. The van der Waals surface area contributed by atoms with E-state index in [4.69, 9.17) is 9.47 Å². The van der Waals surface area contributed by atoms with Crippen LogP contribution in [0.4, 0.5) is 5.95 Å². The third kappa shape index (κ3) is 4.97. The Morgan fingerprint density at radius 2 is 2.06 bits per heavy atom. The molecular formula is C24H27N5O3. The molecule has 8 heteroatoms. The highest BCUT2D eigenvalue weighted by atomic mass is 16.5. The fourth-order valence-corrected chi connectivity index (χ4v) is 3.80. The monoisotopic (exact) mass is 433 g/mol. The smallest absolute Gasteiger partial charge is 0.257 e. The molecule has 0 atom stereocenters. The number of aromatic nitrogens is 2. The Morgan fingerprint density at radius 1 is 1.22 bits per heavy atom. The maximum Gasteiger partial charge on any atom is 0.257 e. The molecule has 3 aromatic rings. The zero-order valence-corrected chi connectivity index (χ0v) is 18.3.